The molecule has 2 aromatic rings. The highest BCUT2D eigenvalue weighted by Gasteiger charge is 2.15. The molecule has 0 bridgehead atoms. The van der Waals surface area contributed by atoms with Gasteiger partial charge in [0.15, 0.2) is 5.82 Å². The summed E-state index contributed by atoms with van der Waals surface area (Å²) in [6, 6.07) is 5.83. The van der Waals surface area contributed by atoms with Crippen LogP contribution in [0.3, 0.4) is 0 Å². The monoisotopic (exact) mass is 300 g/mol. The summed E-state index contributed by atoms with van der Waals surface area (Å²) < 4.78 is 4.93. The van der Waals surface area contributed by atoms with E-state index in [0.29, 0.717) is 23.3 Å². The molecule has 2 heterocycles. The summed E-state index contributed by atoms with van der Waals surface area (Å²) >= 11 is 0. The minimum atomic E-state index is -0.291. The van der Waals surface area contributed by atoms with Crippen LogP contribution in [0, 0.1) is 6.92 Å². The fourth-order valence-electron chi connectivity index (χ4n) is 2.73. The molecule has 22 heavy (non-hydrogen) atoms. The summed E-state index contributed by atoms with van der Waals surface area (Å²) in [7, 11) is 0. The highest BCUT2D eigenvalue weighted by molar-refractivity contribution is 6.02. The maximum absolute atomic E-state index is 12.2. The zero-order chi connectivity index (χ0) is 15.4. The third-order valence-corrected chi connectivity index (χ3v) is 3.84. The van der Waals surface area contributed by atoms with Gasteiger partial charge in [-0.3, -0.25) is 9.78 Å². The van der Waals surface area contributed by atoms with Gasteiger partial charge in [0, 0.05) is 24.0 Å². The van der Waals surface area contributed by atoms with Crippen LogP contribution >= 0.6 is 0 Å². The Balaban J connectivity index is 1.66. The number of anilines is 2. The molecule has 0 saturated heterocycles. The number of nitrogens with zero attached hydrogens (tertiary/aromatic N) is 2. The van der Waals surface area contributed by atoms with Crippen molar-refractivity contribution in [1.82, 2.24) is 10.1 Å². The molecule has 1 amide bonds. The number of carbonyl (C=O) groups is 1. The Bertz CT molecular complexity index is 647. The van der Waals surface area contributed by atoms with Gasteiger partial charge in [0.05, 0.1) is 0 Å². The van der Waals surface area contributed by atoms with Crippen LogP contribution in [0.4, 0.5) is 11.5 Å². The smallest absolute Gasteiger partial charge is 0.275 e. The molecule has 0 radical (unpaired) electrons. The second-order valence-electron chi connectivity index (χ2n) is 5.69. The molecular weight excluding hydrogens is 280 g/mol. The van der Waals surface area contributed by atoms with E-state index in [9.17, 15) is 4.79 Å². The van der Waals surface area contributed by atoms with Crippen LogP contribution in [-0.4, -0.2) is 22.1 Å². The van der Waals surface area contributed by atoms with Crippen LogP contribution < -0.4 is 10.6 Å². The van der Waals surface area contributed by atoms with Crippen LogP contribution in [0.2, 0.25) is 0 Å². The lowest BCUT2D eigenvalue weighted by atomic mass is 9.95. The zero-order valence-corrected chi connectivity index (χ0v) is 12.6. The Kier molecular flexibility index (Phi) is 4.37. The van der Waals surface area contributed by atoms with Gasteiger partial charge < -0.3 is 15.2 Å². The van der Waals surface area contributed by atoms with Crippen molar-refractivity contribution in [2.24, 2.45) is 0 Å². The first kappa shape index (κ1) is 14.6. The zero-order valence-electron chi connectivity index (χ0n) is 12.6. The van der Waals surface area contributed by atoms with Crippen molar-refractivity contribution < 1.29 is 9.32 Å². The van der Waals surface area contributed by atoms with E-state index in [1.165, 1.54) is 32.1 Å². The largest absolute Gasteiger partial charge is 0.382 e. The average Bonchev–Trinajstić information content (AvgIpc) is 2.93. The Morgan fingerprint density at radius 2 is 2.09 bits per heavy atom. The molecule has 3 rings (SSSR count). The molecule has 6 heteroatoms. The number of carbonyl (C=O) groups excluding carboxylic acids is 1. The Morgan fingerprint density at radius 3 is 2.82 bits per heavy atom. The molecule has 1 aliphatic rings. The quantitative estimate of drug-likeness (QED) is 0.905. The van der Waals surface area contributed by atoms with E-state index >= 15 is 0 Å². The second kappa shape index (κ2) is 6.60. The van der Waals surface area contributed by atoms with E-state index in [2.05, 4.69) is 20.8 Å². The van der Waals surface area contributed by atoms with E-state index in [-0.39, 0.29) is 5.91 Å². The van der Waals surface area contributed by atoms with Gasteiger partial charge >= 0.3 is 0 Å². The van der Waals surface area contributed by atoms with Gasteiger partial charge in [-0.1, -0.05) is 24.4 Å². The maximum atomic E-state index is 12.2. The Labute approximate surface area is 129 Å². The first-order valence-electron chi connectivity index (χ1n) is 7.68. The van der Waals surface area contributed by atoms with Crippen LogP contribution in [-0.2, 0) is 0 Å². The van der Waals surface area contributed by atoms with Gasteiger partial charge in [0.2, 0.25) is 0 Å². The second-order valence-corrected chi connectivity index (χ2v) is 5.69. The molecule has 2 N–H and O–H groups in total. The molecule has 0 unspecified atom stereocenters. The number of aryl methyl sites for hydroxylation is 1. The molecule has 1 fully saturated rings. The fourth-order valence-corrected chi connectivity index (χ4v) is 2.73. The molecule has 1 aliphatic carbocycles. The van der Waals surface area contributed by atoms with Gasteiger partial charge in [-0.25, -0.2) is 0 Å². The minimum absolute atomic E-state index is 0.291. The van der Waals surface area contributed by atoms with Gasteiger partial charge in [-0.15, -0.1) is 0 Å². The molecule has 0 aromatic carbocycles. The van der Waals surface area contributed by atoms with Crippen LogP contribution in [0.15, 0.2) is 28.9 Å². The standard InChI is InChI=1S/C16H20N4O2/c1-11-9-15(20-22-11)19-16(21)14-10-13(7-8-17-14)18-12-5-3-2-4-6-12/h7-10,12H,2-6H2,1H3,(H,17,18)(H,19,20,21). The van der Waals surface area contributed by atoms with Gasteiger partial charge in [-0.05, 0) is 31.9 Å². The third kappa shape index (κ3) is 3.63. The minimum Gasteiger partial charge on any atom is -0.382 e. The van der Waals surface area contributed by atoms with Crippen molar-refractivity contribution >= 4 is 17.4 Å². The van der Waals surface area contributed by atoms with E-state index in [0.717, 1.165) is 5.69 Å². The van der Waals surface area contributed by atoms with Crippen LogP contribution in [0.1, 0.15) is 48.4 Å². The summed E-state index contributed by atoms with van der Waals surface area (Å²) in [5.74, 6) is 0.756. The molecule has 116 valence electrons. The van der Waals surface area contributed by atoms with E-state index in [1.807, 2.05) is 6.07 Å². The number of rotatable bonds is 4. The third-order valence-electron chi connectivity index (χ3n) is 3.84. The highest BCUT2D eigenvalue weighted by atomic mass is 16.5. The van der Waals surface area contributed by atoms with Crippen molar-refractivity contribution in [3.05, 3.63) is 35.9 Å². The van der Waals surface area contributed by atoms with Crippen molar-refractivity contribution in [1.29, 1.82) is 0 Å². The summed E-state index contributed by atoms with van der Waals surface area (Å²) in [5, 5.41) is 9.91. The topological polar surface area (TPSA) is 80.0 Å². The highest BCUT2D eigenvalue weighted by Crippen LogP contribution is 2.21. The molecule has 1 saturated carbocycles. The van der Waals surface area contributed by atoms with Crippen molar-refractivity contribution in [3.63, 3.8) is 0 Å². The van der Waals surface area contributed by atoms with E-state index in [4.69, 9.17) is 4.52 Å². The molecular formula is C16H20N4O2. The lowest BCUT2D eigenvalue weighted by Crippen LogP contribution is -2.22. The van der Waals surface area contributed by atoms with Crippen molar-refractivity contribution in [2.75, 3.05) is 10.6 Å². The average molecular weight is 300 g/mol. The molecule has 0 aliphatic heterocycles. The summed E-state index contributed by atoms with van der Waals surface area (Å²) in [6.45, 7) is 1.77. The Morgan fingerprint density at radius 1 is 1.27 bits per heavy atom. The lowest BCUT2D eigenvalue weighted by molar-refractivity contribution is 0.102. The number of amides is 1. The number of hydrogen-bond acceptors (Lipinski definition) is 5. The summed E-state index contributed by atoms with van der Waals surface area (Å²) in [6.07, 6.45) is 7.86. The first-order chi connectivity index (χ1) is 10.7. The summed E-state index contributed by atoms with van der Waals surface area (Å²) in [4.78, 5) is 16.3. The lowest BCUT2D eigenvalue weighted by Gasteiger charge is -2.23. The van der Waals surface area contributed by atoms with E-state index < -0.39 is 0 Å². The van der Waals surface area contributed by atoms with E-state index in [1.54, 1.807) is 25.3 Å². The predicted octanol–water partition coefficient (Wildman–Crippen LogP) is 3.37. The number of aromatic nitrogens is 2. The molecule has 2 aromatic heterocycles. The Hall–Kier alpha value is -2.37. The molecule has 0 atom stereocenters. The molecule has 0 spiro atoms. The number of nitrogens with one attached hydrogen (secondary N) is 2. The van der Waals surface area contributed by atoms with Crippen LogP contribution in [0.5, 0.6) is 0 Å². The van der Waals surface area contributed by atoms with Gasteiger partial charge in [0.25, 0.3) is 5.91 Å². The predicted molar refractivity (Wildman–Crippen MR) is 83.9 cm³/mol. The van der Waals surface area contributed by atoms with Crippen molar-refractivity contribution in [3.8, 4) is 0 Å². The van der Waals surface area contributed by atoms with Crippen molar-refractivity contribution in [2.45, 2.75) is 45.1 Å². The fraction of sp³-hybridized carbons (Fsp3) is 0.438. The maximum Gasteiger partial charge on any atom is 0.275 e. The summed E-state index contributed by atoms with van der Waals surface area (Å²) in [5.41, 5.74) is 1.30. The normalized spacial score (nSPS) is 15.5. The first-order valence-corrected chi connectivity index (χ1v) is 7.68. The SMILES string of the molecule is Cc1cc(NC(=O)c2cc(NC3CCCCC3)ccn2)no1. The van der Waals surface area contributed by atoms with Crippen LogP contribution in [0.25, 0.3) is 0 Å². The van der Waals surface area contributed by atoms with Gasteiger partial charge in [-0.2, -0.15) is 0 Å². The number of hydrogen-bond donors (Lipinski definition) is 2. The molecule has 6 nitrogen and oxygen atoms in total. The van der Waals surface area contributed by atoms with Gasteiger partial charge in [0.1, 0.15) is 11.5 Å². The number of pyridine rings is 1.